The van der Waals surface area contributed by atoms with Gasteiger partial charge in [0.15, 0.2) is 10.8 Å². The molecule has 5 rings (SSSR count). The summed E-state index contributed by atoms with van der Waals surface area (Å²) in [6.07, 6.45) is -0.762. The van der Waals surface area contributed by atoms with Crippen LogP contribution in [0, 0.1) is 0 Å². The van der Waals surface area contributed by atoms with E-state index in [4.69, 9.17) is 25.8 Å². The molecule has 0 bridgehead atoms. The highest BCUT2D eigenvalue weighted by Gasteiger charge is 2.55. The fraction of sp³-hybridized carbons (Fsp3) is 0.444. The van der Waals surface area contributed by atoms with Crippen LogP contribution >= 0.6 is 11.3 Å². The number of thiazole rings is 1. The van der Waals surface area contributed by atoms with Gasteiger partial charge < -0.3 is 46.4 Å². The fourth-order valence-electron chi connectivity index (χ4n) is 5.13. The molecule has 0 unspecified atom stereocenters. The number of piperidine rings is 1. The van der Waals surface area contributed by atoms with Crippen molar-refractivity contribution in [3.63, 3.8) is 0 Å². The van der Waals surface area contributed by atoms with E-state index in [9.17, 15) is 37.3 Å². The van der Waals surface area contributed by atoms with E-state index < -0.39 is 71.2 Å². The van der Waals surface area contributed by atoms with Crippen LogP contribution in [0.4, 0.5) is 9.93 Å². The summed E-state index contributed by atoms with van der Waals surface area (Å²) >= 11 is 0.919. The van der Waals surface area contributed by atoms with Crippen molar-refractivity contribution in [3.05, 3.63) is 40.9 Å². The zero-order valence-electron chi connectivity index (χ0n) is 25.6. The van der Waals surface area contributed by atoms with Crippen LogP contribution in [0.3, 0.4) is 0 Å². The molecule has 0 radical (unpaired) electrons. The van der Waals surface area contributed by atoms with Crippen molar-refractivity contribution in [3.8, 4) is 5.75 Å². The van der Waals surface area contributed by atoms with Crippen LogP contribution in [-0.2, 0) is 34.3 Å². The number of rotatable bonds is 14. The van der Waals surface area contributed by atoms with E-state index in [0.717, 1.165) is 42.2 Å². The van der Waals surface area contributed by atoms with Gasteiger partial charge in [-0.1, -0.05) is 5.16 Å². The Morgan fingerprint density at radius 2 is 1.94 bits per heavy atom. The standard InChI is InChI=1S/C27H33N9O11S2/c28-22(31-15-5-7-30-8-6-15)14-1-3-16(4-2-14)46-12-19(25(39)40)47-34-20(17-13-48-26(29)32-17)23(37)33-21-18(11-35-9-10-45-27(35)41)36(24(21)38)49(42,43)44/h1-4,13,15,18-19,21,30H,5-12H2,(H2,28,31)(H2,29,32)(H,33,37)(H,39,40)(H,42,43,44)/b34-20-/t18-,19+,21+/m1/s1. The summed E-state index contributed by atoms with van der Waals surface area (Å²) in [5.41, 5.74) is 11.8. The molecule has 264 valence electrons. The molecule has 1 aromatic heterocycles. The number of carboxylic acid groups (broad SMARTS) is 1. The predicted octanol–water partition coefficient (Wildman–Crippen LogP) is -1.61. The number of hydrogen-bond donors (Lipinski definition) is 6. The van der Waals surface area contributed by atoms with E-state index in [-0.39, 0.29) is 40.1 Å². The second-order valence-electron chi connectivity index (χ2n) is 11.0. The van der Waals surface area contributed by atoms with Gasteiger partial charge in [0.1, 0.15) is 36.5 Å². The Morgan fingerprint density at radius 3 is 2.53 bits per heavy atom. The summed E-state index contributed by atoms with van der Waals surface area (Å²) in [7, 11) is -5.06. The van der Waals surface area contributed by atoms with E-state index in [1.807, 2.05) is 0 Å². The number of aliphatic imine (C=N–C) groups is 1. The van der Waals surface area contributed by atoms with Crippen molar-refractivity contribution in [2.75, 3.05) is 45.1 Å². The molecule has 0 spiro atoms. The number of ether oxygens (including phenoxy) is 2. The number of anilines is 1. The molecule has 0 aliphatic carbocycles. The van der Waals surface area contributed by atoms with Gasteiger partial charge in [0, 0.05) is 17.5 Å². The average molecular weight is 724 g/mol. The number of nitrogens with two attached hydrogens (primary N) is 2. The minimum atomic E-state index is -5.06. The number of amidine groups is 1. The van der Waals surface area contributed by atoms with Gasteiger partial charge >= 0.3 is 22.4 Å². The summed E-state index contributed by atoms with van der Waals surface area (Å²) in [4.78, 5) is 64.9. The normalized spacial score (nSPS) is 21.2. The number of carbonyl (C=O) groups is 4. The molecule has 3 aliphatic heterocycles. The summed E-state index contributed by atoms with van der Waals surface area (Å²) in [5, 5.41) is 20.3. The number of β-lactam (4-membered cyclic amide) rings is 1. The van der Waals surface area contributed by atoms with Gasteiger partial charge in [-0.05, 0) is 50.2 Å². The Labute approximate surface area is 282 Å². The lowest BCUT2D eigenvalue weighted by Gasteiger charge is -2.45. The lowest BCUT2D eigenvalue weighted by atomic mass is 9.97. The molecule has 3 saturated heterocycles. The smallest absolute Gasteiger partial charge is 0.410 e. The second-order valence-corrected chi connectivity index (χ2v) is 13.1. The van der Waals surface area contributed by atoms with E-state index in [1.54, 1.807) is 24.3 Å². The van der Waals surface area contributed by atoms with Gasteiger partial charge in [-0.3, -0.25) is 19.1 Å². The monoisotopic (exact) mass is 723 g/mol. The average Bonchev–Trinajstić information content (AvgIpc) is 3.68. The number of hydrogen-bond acceptors (Lipinski definition) is 15. The maximum atomic E-state index is 13.4. The maximum absolute atomic E-state index is 13.4. The van der Waals surface area contributed by atoms with Crippen LogP contribution in [0.15, 0.2) is 39.8 Å². The van der Waals surface area contributed by atoms with Crippen LogP contribution in [-0.4, -0.2) is 131 Å². The Kier molecular flexibility index (Phi) is 10.8. The summed E-state index contributed by atoms with van der Waals surface area (Å²) in [6, 6.07) is 3.65. The number of carboxylic acids is 1. The van der Waals surface area contributed by atoms with Crippen molar-refractivity contribution in [2.24, 2.45) is 15.9 Å². The fourth-order valence-corrected chi connectivity index (χ4v) is 6.55. The predicted molar refractivity (Wildman–Crippen MR) is 171 cm³/mol. The number of aromatic nitrogens is 1. The zero-order valence-corrected chi connectivity index (χ0v) is 27.3. The van der Waals surface area contributed by atoms with Gasteiger partial charge in [0.05, 0.1) is 18.6 Å². The van der Waals surface area contributed by atoms with Crippen molar-refractivity contribution in [2.45, 2.75) is 37.1 Å². The number of nitrogens with one attached hydrogen (secondary N) is 2. The molecule has 4 heterocycles. The first-order valence-electron chi connectivity index (χ1n) is 14.8. The first-order valence-corrected chi connectivity index (χ1v) is 17.1. The minimum absolute atomic E-state index is 0.0150. The molecule has 20 nitrogen and oxygen atoms in total. The number of nitrogen functional groups attached to an aromatic ring is 1. The quantitative estimate of drug-likeness (QED) is 0.0420. The molecule has 1 aromatic carbocycles. The summed E-state index contributed by atoms with van der Waals surface area (Å²) < 4.78 is 43.8. The topological polar surface area (TPSA) is 291 Å². The second kappa shape index (κ2) is 15.0. The number of oxime groups is 1. The molecular weight excluding hydrogens is 690 g/mol. The van der Waals surface area contributed by atoms with Gasteiger partial charge in [-0.25, -0.2) is 18.9 Å². The van der Waals surface area contributed by atoms with Crippen molar-refractivity contribution < 1.29 is 51.6 Å². The number of benzene rings is 1. The van der Waals surface area contributed by atoms with Gasteiger partial charge in [0.25, 0.3) is 17.9 Å². The third-order valence-corrected chi connectivity index (χ3v) is 9.29. The van der Waals surface area contributed by atoms with Crippen LogP contribution in [0.2, 0.25) is 0 Å². The van der Waals surface area contributed by atoms with Crippen LogP contribution in [0.1, 0.15) is 24.1 Å². The molecule has 2 aromatic rings. The third-order valence-electron chi connectivity index (χ3n) is 7.66. The van der Waals surface area contributed by atoms with E-state index in [0.29, 0.717) is 11.4 Å². The highest BCUT2D eigenvalue weighted by atomic mass is 32.2. The maximum Gasteiger partial charge on any atom is 0.410 e. The molecular formula is C27H33N9O11S2. The molecule has 3 amide bonds. The van der Waals surface area contributed by atoms with Crippen molar-refractivity contribution >= 4 is 62.2 Å². The van der Waals surface area contributed by atoms with E-state index in [1.165, 1.54) is 5.38 Å². The lowest BCUT2D eigenvalue weighted by molar-refractivity contribution is -0.152. The number of cyclic esters (lactones) is 1. The van der Waals surface area contributed by atoms with Gasteiger partial charge in [-0.2, -0.15) is 8.42 Å². The van der Waals surface area contributed by atoms with Crippen LogP contribution in [0.25, 0.3) is 0 Å². The minimum Gasteiger partial charge on any atom is -0.489 e. The highest BCUT2D eigenvalue weighted by Crippen LogP contribution is 2.26. The first-order chi connectivity index (χ1) is 23.3. The molecule has 3 atom stereocenters. The summed E-state index contributed by atoms with van der Waals surface area (Å²) in [6.45, 7) is 0.866. The molecule has 8 N–H and O–H groups in total. The molecule has 49 heavy (non-hydrogen) atoms. The Morgan fingerprint density at radius 1 is 1.22 bits per heavy atom. The molecule has 22 heteroatoms. The molecule has 3 aliphatic rings. The van der Waals surface area contributed by atoms with E-state index >= 15 is 0 Å². The largest absolute Gasteiger partial charge is 0.489 e. The SMILES string of the molecule is NC(=NC1CCNCC1)c1ccc(OC[C@H](O/N=C(\C(=O)N[C@@H]2C(=O)N(S(=O)(=O)O)[C@@H]2CN2CCOC2=O)c2csc(N)n2)C(=O)O)cc1. The molecule has 0 saturated carbocycles. The lowest BCUT2D eigenvalue weighted by Crippen LogP contribution is -2.74. The van der Waals surface area contributed by atoms with Crippen molar-refractivity contribution in [1.82, 2.24) is 24.8 Å². The number of amides is 3. The van der Waals surface area contributed by atoms with Crippen LogP contribution in [0.5, 0.6) is 5.75 Å². The number of nitrogens with zero attached hydrogens (tertiary/aromatic N) is 5. The zero-order chi connectivity index (χ0) is 35.3. The van der Waals surface area contributed by atoms with Gasteiger partial charge in [-0.15, -0.1) is 11.3 Å². The van der Waals surface area contributed by atoms with E-state index in [2.05, 4.69) is 25.8 Å². The highest BCUT2D eigenvalue weighted by molar-refractivity contribution is 7.84. The summed E-state index contributed by atoms with van der Waals surface area (Å²) in [5.74, 6) is -3.17. The van der Waals surface area contributed by atoms with Crippen LogP contribution < -0.4 is 26.8 Å². The first kappa shape index (κ1) is 35.3. The van der Waals surface area contributed by atoms with Crippen molar-refractivity contribution in [1.29, 1.82) is 0 Å². The molecule has 3 fully saturated rings. The Balaban J connectivity index is 1.27. The number of carbonyl (C=O) groups excluding carboxylic acids is 3. The Hall–Kier alpha value is -5.06. The number of aliphatic carboxylic acids is 1. The third kappa shape index (κ3) is 8.51. The Bertz CT molecular complexity index is 1740. The van der Waals surface area contributed by atoms with Gasteiger partial charge in [0.2, 0.25) is 0 Å².